The number of nitrogens with zero attached hydrogens (tertiary/aromatic N) is 3. The number of alkyl halides is 1. The topological polar surface area (TPSA) is 90.4 Å². The molecule has 0 aromatic heterocycles. The van der Waals surface area contributed by atoms with Gasteiger partial charge in [-0.3, -0.25) is 14.4 Å². The number of likely N-dealkylation sites (tertiary alicyclic amines) is 1. The first kappa shape index (κ1) is 28.5. The van der Waals surface area contributed by atoms with Crippen molar-refractivity contribution < 1.29 is 24.2 Å². The summed E-state index contributed by atoms with van der Waals surface area (Å²) in [6, 6.07) is 4.32. The van der Waals surface area contributed by atoms with E-state index in [0.29, 0.717) is 19.4 Å². The second kappa shape index (κ2) is 10.9. The number of anilines is 1. The molecule has 0 aliphatic carbocycles. The molecule has 1 spiro atoms. The van der Waals surface area contributed by atoms with Crippen LogP contribution in [0.3, 0.4) is 0 Å². The Balaban J connectivity index is 1.86. The SMILES string of the molecule is C=CCN(C)C(=O)[C@H]1[C@H]2C(=O)N([C@@H](CC)CO)C(C(=O)N(CC=C)c3cc(C)ccc3C)C23CC(Br)[C@@H]1O3. The van der Waals surface area contributed by atoms with Crippen LogP contribution < -0.4 is 4.90 Å². The van der Waals surface area contributed by atoms with Crippen molar-refractivity contribution in [1.29, 1.82) is 0 Å². The van der Waals surface area contributed by atoms with Crippen LogP contribution in [0.1, 0.15) is 30.9 Å². The lowest BCUT2D eigenvalue weighted by Crippen LogP contribution is -2.59. The van der Waals surface area contributed by atoms with Crippen LogP contribution in [-0.4, -0.2) is 88.0 Å². The number of aliphatic hydroxyl groups is 1. The molecular weight excluding hydrogens is 550 g/mol. The summed E-state index contributed by atoms with van der Waals surface area (Å²) in [5, 5.41) is 10.3. The first-order valence-electron chi connectivity index (χ1n) is 13.2. The van der Waals surface area contributed by atoms with Crippen LogP contribution in [0.5, 0.6) is 0 Å². The monoisotopic (exact) mass is 587 g/mol. The summed E-state index contributed by atoms with van der Waals surface area (Å²) in [4.78, 5) is 47.0. The molecule has 3 saturated heterocycles. The average molecular weight is 589 g/mol. The Hall–Kier alpha value is -2.49. The fourth-order valence-corrected chi connectivity index (χ4v) is 7.51. The van der Waals surface area contributed by atoms with E-state index in [9.17, 15) is 19.5 Å². The van der Waals surface area contributed by atoms with Crippen molar-refractivity contribution in [2.24, 2.45) is 11.8 Å². The lowest BCUT2D eigenvalue weighted by molar-refractivity contribution is -0.146. The molecule has 3 heterocycles. The number of aryl methyl sites for hydroxylation is 2. The third-order valence-corrected chi connectivity index (χ3v) is 9.18. The molecule has 3 aliphatic rings. The average Bonchev–Trinajstić information content (AvgIpc) is 3.48. The number of carbonyl (C=O) groups excluding carboxylic acids is 3. The Labute approximate surface area is 233 Å². The van der Waals surface area contributed by atoms with E-state index < -0.39 is 35.6 Å². The van der Waals surface area contributed by atoms with Crippen molar-refractivity contribution in [3.05, 3.63) is 54.6 Å². The lowest BCUT2D eigenvalue weighted by atomic mass is 9.70. The molecule has 1 aromatic rings. The van der Waals surface area contributed by atoms with Gasteiger partial charge >= 0.3 is 0 Å². The maximum absolute atomic E-state index is 14.6. The number of hydrogen-bond acceptors (Lipinski definition) is 5. The Bertz CT molecular complexity index is 1140. The van der Waals surface area contributed by atoms with Gasteiger partial charge in [-0.25, -0.2) is 0 Å². The van der Waals surface area contributed by atoms with E-state index in [1.807, 2.05) is 39.0 Å². The van der Waals surface area contributed by atoms with Gasteiger partial charge in [0.05, 0.1) is 30.6 Å². The normalized spacial score (nSPS) is 30.2. The largest absolute Gasteiger partial charge is 0.394 e. The summed E-state index contributed by atoms with van der Waals surface area (Å²) >= 11 is 3.71. The number of amides is 3. The highest BCUT2D eigenvalue weighted by atomic mass is 79.9. The quantitative estimate of drug-likeness (QED) is 0.336. The Kier molecular flexibility index (Phi) is 8.21. The van der Waals surface area contributed by atoms with E-state index in [4.69, 9.17) is 4.74 Å². The van der Waals surface area contributed by atoms with Crippen LogP contribution in [0.25, 0.3) is 0 Å². The molecule has 2 bridgehead atoms. The molecule has 0 saturated carbocycles. The number of benzene rings is 1. The molecule has 8 nitrogen and oxygen atoms in total. The number of rotatable bonds is 10. The van der Waals surface area contributed by atoms with E-state index in [0.717, 1.165) is 16.8 Å². The van der Waals surface area contributed by atoms with Crippen molar-refractivity contribution in [3.8, 4) is 0 Å². The second-order valence-corrected chi connectivity index (χ2v) is 11.9. The van der Waals surface area contributed by atoms with Gasteiger partial charge in [-0.05, 0) is 43.9 Å². The van der Waals surface area contributed by atoms with Crippen LogP contribution in [-0.2, 0) is 19.1 Å². The van der Waals surface area contributed by atoms with E-state index in [-0.39, 0.29) is 35.7 Å². The highest BCUT2D eigenvalue weighted by Gasteiger charge is 2.77. The maximum Gasteiger partial charge on any atom is 0.253 e. The fraction of sp³-hybridized carbons (Fsp3) is 0.552. The predicted octanol–water partition coefficient (Wildman–Crippen LogP) is 2.99. The molecule has 38 heavy (non-hydrogen) atoms. The number of hydrogen-bond donors (Lipinski definition) is 1. The van der Waals surface area contributed by atoms with Gasteiger partial charge in [0.25, 0.3) is 5.91 Å². The minimum atomic E-state index is -1.19. The molecule has 206 valence electrons. The van der Waals surface area contributed by atoms with Crippen LogP contribution in [0.2, 0.25) is 0 Å². The van der Waals surface area contributed by atoms with Crippen molar-refractivity contribution in [2.45, 2.75) is 62.2 Å². The Morgan fingerprint density at radius 3 is 2.55 bits per heavy atom. The van der Waals surface area contributed by atoms with E-state index in [1.54, 1.807) is 29.0 Å². The molecule has 3 amide bonds. The predicted molar refractivity (Wildman–Crippen MR) is 150 cm³/mol. The van der Waals surface area contributed by atoms with Crippen molar-refractivity contribution in [1.82, 2.24) is 9.80 Å². The molecule has 3 fully saturated rings. The highest BCUT2D eigenvalue weighted by molar-refractivity contribution is 9.09. The van der Waals surface area contributed by atoms with E-state index in [2.05, 4.69) is 29.1 Å². The maximum atomic E-state index is 14.6. The smallest absolute Gasteiger partial charge is 0.253 e. The number of likely N-dealkylation sites (N-methyl/N-ethyl adjacent to an activating group) is 1. The molecule has 7 atom stereocenters. The molecule has 4 rings (SSSR count). The fourth-order valence-electron chi connectivity index (χ4n) is 6.57. The summed E-state index contributed by atoms with van der Waals surface area (Å²) in [7, 11) is 1.68. The van der Waals surface area contributed by atoms with Crippen molar-refractivity contribution in [3.63, 3.8) is 0 Å². The summed E-state index contributed by atoms with van der Waals surface area (Å²) in [5.41, 5.74) is 1.46. The van der Waals surface area contributed by atoms with Gasteiger partial charge in [-0.15, -0.1) is 13.2 Å². The summed E-state index contributed by atoms with van der Waals surface area (Å²) < 4.78 is 6.61. The molecule has 3 unspecified atom stereocenters. The van der Waals surface area contributed by atoms with E-state index >= 15 is 0 Å². The van der Waals surface area contributed by atoms with Gasteiger partial charge in [0.2, 0.25) is 11.8 Å². The van der Waals surface area contributed by atoms with Crippen LogP contribution in [0.15, 0.2) is 43.5 Å². The molecular formula is C29H38BrN3O5. The van der Waals surface area contributed by atoms with Crippen LogP contribution in [0.4, 0.5) is 5.69 Å². The zero-order valence-corrected chi connectivity index (χ0v) is 24.2. The standard InChI is InChI=1S/C29H38BrN3O5/c1-7-12-31(6)26(35)22-23-27(36)33(19(9-3)16-34)25(29(23)15-20(30)24(22)38-29)28(37)32(13-8-2)21-14-17(4)10-11-18(21)5/h7-8,10-11,14,19-20,22-25,34H,1-2,9,12-13,15-16H2,3-6H3/t19-,20?,22-,23-,24-,25?,29?/m0/s1. The lowest BCUT2D eigenvalue weighted by Gasteiger charge is -2.39. The first-order valence-corrected chi connectivity index (χ1v) is 14.1. The van der Waals surface area contributed by atoms with Gasteiger partial charge in [0, 0.05) is 30.7 Å². The molecule has 0 radical (unpaired) electrons. The third-order valence-electron chi connectivity index (χ3n) is 8.33. The second-order valence-electron chi connectivity index (χ2n) is 10.7. The molecule has 3 aliphatic heterocycles. The van der Waals surface area contributed by atoms with Gasteiger partial charge in [0.15, 0.2) is 0 Å². The van der Waals surface area contributed by atoms with Crippen molar-refractivity contribution >= 4 is 39.3 Å². The van der Waals surface area contributed by atoms with Crippen molar-refractivity contribution in [2.75, 3.05) is 31.6 Å². The molecule has 9 heteroatoms. The van der Waals surface area contributed by atoms with Crippen LogP contribution in [0, 0.1) is 25.7 Å². The third kappa shape index (κ3) is 4.32. The number of ether oxygens (including phenoxy) is 1. The minimum Gasteiger partial charge on any atom is -0.394 e. The van der Waals surface area contributed by atoms with Crippen LogP contribution >= 0.6 is 15.9 Å². The first-order chi connectivity index (χ1) is 18.1. The van der Waals surface area contributed by atoms with Gasteiger partial charge in [-0.2, -0.15) is 0 Å². The zero-order chi connectivity index (χ0) is 27.9. The minimum absolute atomic E-state index is 0.198. The number of halogens is 1. The van der Waals surface area contributed by atoms with E-state index in [1.165, 1.54) is 4.90 Å². The van der Waals surface area contributed by atoms with Gasteiger partial charge in [0.1, 0.15) is 11.6 Å². The summed E-state index contributed by atoms with van der Waals surface area (Å²) in [6.07, 6.45) is 3.63. The Morgan fingerprint density at radius 1 is 1.26 bits per heavy atom. The summed E-state index contributed by atoms with van der Waals surface area (Å²) in [6.45, 7) is 13.7. The number of carbonyl (C=O) groups is 3. The summed E-state index contributed by atoms with van der Waals surface area (Å²) in [5.74, 6) is -2.37. The van der Waals surface area contributed by atoms with Gasteiger partial charge in [-0.1, -0.05) is 47.1 Å². The number of aliphatic hydroxyl groups excluding tert-OH is 1. The zero-order valence-electron chi connectivity index (χ0n) is 22.6. The van der Waals surface area contributed by atoms with Gasteiger partial charge < -0.3 is 24.5 Å². The highest BCUT2D eigenvalue weighted by Crippen LogP contribution is 2.61. The molecule has 1 aromatic carbocycles. The Morgan fingerprint density at radius 2 is 1.95 bits per heavy atom. The molecule has 1 N–H and O–H groups in total. The number of fused-ring (bicyclic) bond motifs is 1.